The number of Topliss-reactive ketones (excluding diaryl/α,β-unsaturated/α-hetero) is 1. The van der Waals surface area contributed by atoms with E-state index >= 15 is 0 Å². The largest absolute Gasteiger partial charge is 0.300 e. The zero-order valence-electron chi connectivity index (χ0n) is 8.28. The van der Waals surface area contributed by atoms with Gasteiger partial charge in [-0.1, -0.05) is 0 Å². The maximum atomic E-state index is 11.3. The molecule has 1 saturated carbocycles. The maximum absolute atomic E-state index is 11.3. The van der Waals surface area contributed by atoms with Gasteiger partial charge in [0.15, 0.2) is 0 Å². The second-order valence-electron chi connectivity index (χ2n) is 3.69. The molecule has 1 atom stereocenters. The summed E-state index contributed by atoms with van der Waals surface area (Å²) in [5, 5.41) is 1.44. The monoisotopic (exact) mass is 285 g/mol. The van der Waals surface area contributed by atoms with Crippen LogP contribution in [0.25, 0.3) is 0 Å². The molecule has 2 rings (SSSR count). The van der Waals surface area contributed by atoms with Gasteiger partial charge in [0.2, 0.25) is 0 Å². The summed E-state index contributed by atoms with van der Waals surface area (Å²) < 4.78 is 0.992. The summed E-state index contributed by atoms with van der Waals surface area (Å²) in [4.78, 5) is 15.6. The number of halogens is 1. The summed E-state index contributed by atoms with van der Waals surface area (Å²) in [6.45, 7) is 0. The minimum absolute atomic E-state index is 0.399. The number of pyridine rings is 1. The van der Waals surface area contributed by atoms with Crippen LogP contribution >= 0.6 is 27.7 Å². The first kappa shape index (κ1) is 11.1. The molecule has 0 saturated heterocycles. The van der Waals surface area contributed by atoms with E-state index < -0.39 is 0 Å². The van der Waals surface area contributed by atoms with E-state index in [4.69, 9.17) is 0 Å². The molecule has 0 aliphatic heterocycles. The lowest BCUT2D eigenvalue weighted by atomic mass is 9.99. The lowest BCUT2D eigenvalue weighted by molar-refractivity contribution is -0.120. The predicted molar refractivity (Wildman–Crippen MR) is 65.1 cm³/mol. The fourth-order valence-electron chi connectivity index (χ4n) is 1.69. The molecule has 0 N–H and O–H groups in total. The van der Waals surface area contributed by atoms with Crippen molar-refractivity contribution in [3.05, 3.63) is 22.8 Å². The summed E-state index contributed by atoms with van der Waals surface area (Å²) in [7, 11) is 0. The van der Waals surface area contributed by atoms with Crippen molar-refractivity contribution in [2.75, 3.05) is 0 Å². The number of ketones is 1. The number of carbonyl (C=O) groups excluding carboxylic acids is 1. The number of nitrogens with zero attached hydrogens (tertiary/aromatic N) is 1. The molecule has 1 aliphatic carbocycles. The van der Waals surface area contributed by atoms with Gasteiger partial charge in [-0.3, -0.25) is 4.79 Å². The van der Waals surface area contributed by atoms with Crippen LogP contribution in [-0.2, 0) is 4.79 Å². The van der Waals surface area contributed by atoms with E-state index in [0.29, 0.717) is 17.5 Å². The summed E-state index contributed by atoms with van der Waals surface area (Å²) in [6.07, 6.45) is 5.45. The summed E-state index contributed by atoms with van der Waals surface area (Å²) >= 11 is 5.08. The molecular formula is C11H12BrNOS. The number of hydrogen-bond donors (Lipinski definition) is 0. The Hall–Kier alpha value is -0.350. The number of thioether (sulfide) groups is 1. The third-order valence-electron chi connectivity index (χ3n) is 2.42. The van der Waals surface area contributed by atoms with Crippen molar-refractivity contribution in [1.29, 1.82) is 0 Å². The highest BCUT2D eigenvalue weighted by Crippen LogP contribution is 2.31. The number of rotatable bonds is 2. The Bertz CT molecular complexity index is 352. The van der Waals surface area contributed by atoms with Crippen LogP contribution in [0.15, 0.2) is 27.8 Å². The molecule has 1 unspecified atom stereocenters. The number of hydrogen-bond acceptors (Lipinski definition) is 3. The van der Waals surface area contributed by atoms with Gasteiger partial charge >= 0.3 is 0 Å². The van der Waals surface area contributed by atoms with Gasteiger partial charge < -0.3 is 0 Å². The SMILES string of the molecule is O=C1CCCC(Sc2ccc(Br)cn2)C1. The van der Waals surface area contributed by atoms with Crippen molar-refractivity contribution in [2.45, 2.75) is 36.0 Å². The van der Waals surface area contributed by atoms with E-state index in [0.717, 1.165) is 28.8 Å². The van der Waals surface area contributed by atoms with Gasteiger partial charge in [0, 0.05) is 28.8 Å². The molecule has 0 radical (unpaired) electrons. The fraction of sp³-hybridized carbons (Fsp3) is 0.455. The normalized spacial score (nSPS) is 21.7. The summed E-state index contributed by atoms with van der Waals surface area (Å²) in [5.74, 6) is 0.399. The van der Waals surface area contributed by atoms with Crippen molar-refractivity contribution in [1.82, 2.24) is 4.98 Å². The van der Waals surface area contributed by atoms with Crippen molar-refractivity contribution < 1.29 is 4.79 Å². The maximum Gasteiger partial charge on any atom is 0.134 e. The van der Waals surface area contributed by atoms with E-state index in [-0.39, 0.29) is 0 Å². The average molecular weight is 286 g/mol. The van der Waals surface area contributed by atoms with E-state index in [9.17, 15) is 4.79 Å². The Morgan fingerprint density at radius 3 is 3.00 bits per heavy atom. The molecule has 1 heterocycles. The van der Waals surface area contributed by atoms with Crippen LogP contribution < -0.4 is 0 Å². The Morgan fingerprint density at radius 2 is 2.33 bits per heavy atom. The molecule has 80 valence electrons. The zero-order valence-corrected chi connectivity index (χ0v) is 10.7. The minimum atomic E-state index is 0.399. The fourth-order valence-corrected chi connectivity index (χ4v) is 3.08. The highest BCUT2D eigenvalue weighted by molar-refractivity contribution is 9.10. The van der Waals surface area contributed by atoms with Crippen LogP contribution in [0, 0.1) is 0 Å². The first-order valence-corrected chi connectivity index (χ1v) is 6.71. The van der Waals surface area contributed by atoms with Crippen molar-refractivity contribution in [2.24, 2.45) is 0 Å². The van der Waals surface area contributed by atoms with Crippen molar-refractivity contribution in [3.8, 4) is 0 Å². The van der Waals surface area contributed by atoms with Crippen LogP contribution in [0.5, 0.6) is 0 Å². The first-order valence-electron chi connectivity index (χ1n) is 5.04. The van der Waals surface area contributed by atoms with E-state index in [1.165, 1.54) is 0 Å². The molecule has 0 bridgehead atoms. The summed E-state index contributed by atoms with van der Waals surface area (Å²) in [6, 6.07) is 3.98. The standard InChI is InChI=1S/C11H12BrNOS/c12-8-4-5-11(13-7-8)15-10-3-1-2-9(14)6-10/h4-5,7,10H,1-3,6H2. The Balaban J connectivity index is 1.96. The molecule has 2 nitrogen and oxygen atoms in total. The van der Waals surface area contributed by atoms with Gasteiger partial charge in [-0.05, 0) is 40.9 Å². The Labute approximate surface area is 102 Å². The Morgan fingerprint density at radius 1 is 1.47 bits per heavy atom. The average Bonchev–Trinajstić information content (AvgIpc) is 2.22. The lowest BCUT2D eigenvalue weighted by Gasteiger charge is -2.19. The number of aromatic nitrogens is 1. The van der Waals surface area contributed by atoms with Gasteiger partial charge in [0.25, 0.3) is 0 Å². The Kier molecular flexibility index (Phi) is 3.81. The van der Waals surface area contributed by atoms with Crippen molar-refractivity contribution in [3.63, 3.8) is 0 Å². The minimum Gasteiger partial charge on any atom is -0.300 e. The van der Waals surface area contributed by atoms with Crippen LogP contribution in [0.3, 0.4) is 0 Å². The summed E-state index contributed by atoms with van der Waals surface area (Å²) in [5.41, 5.74) is 0. The molecule has 0 amide bonds. The van der Waals surface area contributed by atoms with E-state index in [1.54, 1.807) is 18.0 Å². The highest BCUT2D eigenvalue weighted by Gasteiger charge is 2.20. The second kappa shape index (κ2) is 5.12. The quantitative estimate of drug-likeness (QED) is 0.834. The van der Waals surface area contributed by atoms with Crippen LogP contribution in [-0.4, -0.2) is 16.0 Å². The second-order valence-corrected chi connectivity index (χ2v) is 5.93. The third kappa shape index (κ3) is 3.31. The third-order valence-corrected chi connectivity index (χ3v) is 4.11. The van der Waals surface area contributed by atoms with Gasteiger partial charge in [-0.15, -0.1) is 11.8 Å². The smallest absolute Gasteiger partial charge is 0.134 e. The lowest BCUT2D eigenvalue weighted by Crippen LogP contribution is -2.16. The van der Waals surface area contributed by atoms with Gasteiger partial charge in [-0.2, -0.15) is 0 Å². The molecule has 1 aliphatic rings. The van der Waals surface area contributed by atoms with Crippen molar-refractivity contribution >= 4 is 33.5 Å². The topological polar surface area (TPSA) is 30.0 Å². The van der Waals surface area contributed by atoms with Crippen LogP contribution in [0.1, 0.15) is 25.7 Å². The zero-order chi connectivity index (χ0) is 10.7. The number of carbonyl (C=O) groups is 1. The molecule has 4 heteroatoms. The molecule has 0 aromatic carbocycles. The molecule has 1 fully saturated rings. The van der Waals surface area contributed by atoms with E-state index in [1.807, 2.05) is 12.1 Å². The van der Waals surface area contributed by atoms with E-state index in [2.05, 4.69) is 20.9 Å². The molecular weight excluding hydrogens is 274 g/mol. The van der Waals surface area contributed by atoms with Crippen LogP contribution in [0.4, 0.5) is 0 Å². The first-order chi connectivity index (χ1) is 7.24. The van der Waals surface area contributed by atoms with Gasteiger partial charge in [-0.25, -0.2) is 4.98 Å². The molecule has 15 heavy (non-hydrogen) atoms. The molecule has 1 aromatic heterocycles. The predicted octanol–water partition coefficient (Wildman–Crippen LogP) is 3.45. The van der Waals surface area contributed by atoms with Gasteiger partial charge in [0.05, 0.1) is 5.03 Å². The van der Waals surface area contributed by atoms with Gasteiger partial charge in [0.1, 0.15) is 5.78 Å². The van der Waals surface area contributed by atoms with Crippen LogP contribution in [0.2, 0.25) is 0 Å². The molecule has 0 spiro atoms. The molecule has 1 aromatic rings. The highest BCUT2D eigenvalue weighted by atomic mass is 79.9.